The number of halogens is 6. The number of alkyl halides is 2. The van der Waals surface area contributed by atoms with E-state index >= 15 is 4.39 Å². The first kappa shape index (κ1) is 29.1. The highest BCUT2D eigenvalue weighted by molar-refractivity contribution is 5.30. The van der Waals surface area contributed by atoms with Crippen LogP contribution in [0.5, 0.6) is 5.75 Å². The summed E-state index contributed by atoms with van der Waals surface area (Å²) in [5.41, 5.74) is 1.90. The molecule has 1 nitrogen and oxygen atoms in total. The highest BCUT2D eigenvalue weighted by Crippen LogP contribution is 2.47. The number of allylic oxidation sites excluding steroid dienone is 1. The van der Waals surface area contributed by atoms with Gasteiger partial charge in [-0.25, -0.2) is 17.6 Å². The summed E-state index contributed by atoms with van der Waals surface area (Å²) in [6.07, 6.45) is 8.25. The molecule has 3 fully saturated rings. The van der Waals surface area contributed by atoms with Gasteiger partial charge in [-0.05, 0) is 124 Å². The van der Waals surface area contributed by atoms with E-state index in [0.717, 1.165) is 62.5 Å². The second kappa shape index (κ2) is 12.2. The molecule has 0 N–H and O–H groups in total. The summed E-state index contributed by atoms with van der Waals surface area (Å²) in [7, 11) is 0. The fourth-order valence-electron chi connectivity index (χ4n) is 7.48. The van der Waals surface area contributed by atoms with E-state index in [1.54, 1.807) is 6.07 Å². The molecule has 0 amide bonds. The number of ether oxygens (including phenoxy) is 1. The van der Waals surface area contributed by atoms with Gasteiger partial charge < -0.3 is 4.74 Å². The molecule has 0 bridgehead atoms. The molecule has 0 unspecified atom stereocenters. The van der Waals surface area contributed by atoms with Crippen molar-refractivity contribution in [3.05, 3.63) is 77.4 Å². The molecule has 0 spiro atoms. The van der Waals surface area contributed by atoms with Gasteiger partial charge in [0.2, 0.25) is 0 Å². The zero-order chi connectivity index (χ0) is 28.4. The van der Waals surface area contributed by atoms with E-state index in [9.17, 15) is 22.0 Å². The smallest absolute Gasteiger partial charge is 0.400 e. The quantitative estimate of drug-likeness (QED) is 0.185. The third-order valence-electron chi connectivity index (χ3n) is 9.94. The topological polar surface area (TPSA) is 9.23 Å². The molecule has 2 aromatic carbocycles. The Balaban J connectivity index is 1.11. The Hall–Kier alpha value is -2.44. The van der Waals surface area contributed by atoms with E-state index in [1.807, 2.05) is 12.1 Å². The zero-order valence-electron chi connectivity index (χ0n) is 22.8. The van der Waals surface area contributed by atoms with E-state index in [1.165, 1.54) is 0 Å². The SMILES string of the molecule is C=CC1CCC(c2ccc(C3CCC(C4CCC(C(F)(F)Oc5cc(F)c(F)c(F)c5)CC4)CC3)c(F)c2)CC1. The number of hydrogen-bond donors (Lipinski definition) is 0. The van der Waals surface area contributed by atoms with E-state index in [-0.39, 0.29) is 24.6 Å². The minimum absolute atomic E-state index is 0.101. The van der Waals surface area contributed by atoms with Crippen LogP contribution in [-0.4, -0.2) is 6.11 Å². The molecule has 0 saturated heterocycles. The van der Waals surface area contributed by atoms with Crippen LogP contribution in [0.1, 0.15) is 100 Å². The van der Waals surface area contributed by atoms with Gasteiger partial charge in [-0.1, -0.05) is 18.2 Å². The first-order valence-corrected chi connectivity index (χ1v) is 14.8. The largest absolute Gasteiger partial charge is 0.432 e. The van der Waals surface area contributed by atoms with Crippen molar-refractivity contribution in [3.8, 4) is 5.75 Å². The lowest BCUT2D eigenvalue weighted by atomic mass is 9.68. The standard InChI is InChI=1S/C33H38F6O/c1-2-20-3-5-23(6-4-20)25-13-16-28(29(34)17-25)24-9-7-21(8-10-24)22-11-14-26(15-12-22)33(38,39)40-27-18-30(35)32(37)31(36)19-27/h2,13,16-24,26H,1,3-12,14-15H2. The summed E-state index contributed by atoms with van der Waals surface area (Å²) in [5.74, 6) is -4.80. The van der Waals surface area contributed by atoms with Crippen LogP contribution in [0.25, 0.3) is 0 Å². The molecule has 0 radical (unpaired) electrons. The molecule has 3 saturated carbocycles. The normalized spacial score (nSPS) is 29.6. The minimum atomic E-state index is -3.60. The van der Waals surface area contributed by atoms with Gasteiger partial charge in [0.15, 0.2) is 17.5 Å². The van der Waals surface area contributed by atoms with Gasteiger partial charge in [-0.2, -0.15) is 8.78 Å². The van der Waals surface area contributed by atoms with Gasteiger partial charge in [0.05, 0.1) is 5.92 Å². The fourth-order valence-corrected chi connectivity index (χ4v) is 7.48. The van der Waals surface area contributed by atoms with Crippen LogP contribution in [0.2, 0.25) is 0 Å². The molecule has 218 valence electrons. The summed E-state index contributed by atoms with van der Waals surface area (Å²) in [4.78, 5) is 0. The van der Waals surface area contributed by atoms with Crippen LogP contribution < -0.4 is 4.74 Å². The number of benzene rings is 2. The molecule has 2 aromatic rings. The maximum atomic E-state index is 15.2. The summed E-state index contributed by atoms with van der Waals surface area (Å²) in [6.45, 7) is 3.90. The Labute approximate surface area is 233 Å². The summed E-state index contributed by atoms with van der Waals surface area (Å²) in [5, 5.41) is 0. The lowest BCUT2D eigenvalue weighted by Gasteiger charge is -2.39. The highest BCUT2D eigenvalue weighted by Gasteiger charge is 2.45. The van der Waals surface area contributed by atoms with Gasteiger partial charge in [-0.3, -0.25) is 0 Å². The maximum Gasteiger partial charge on any atom is 0.400 e. The molecule has 0 atom stereocenters. The van der Waals surface area contributed by atoms with Gasteiger partial charge >= 0.3 is 6.11 Å². The van der Waals surface area contributed by atoms with Crippen molar-refractivity contribution in [1.29, 1.82) is 0 Å². The molecule has 0 heterocycles. The second-order valence-corrected chi connectivity index (χ2v) is 12.2. The third-order valence-corrected chi connectivity index (χ3v) is 9.94. The zero-order valence-corrected chi connectivity index (χ0v) is 22.8. The van der Waals surface area contributed by atoms with Crippen LogP contribution in [0.15, 0.2) is 43.0 Å². The van der Waals surface area contributed by atoms with Crippen molar-refractivity contribution in [3.63, 3.8) is 0 Å². The van der Waals surface area contributed by atoms with Crippen molar-refractivity contribution in [2.75, 3.05) is 0 Å². The first-order valence-electron chi connectivity index (χ1n) is 14.8. The predicted octanol–water partition coefficient (Wildman–Crippen LogP) is 10.5. The molecule has 0 aromatic heterocycles. The van der Waals surface area contributed by atoms with Crippen molar-refractivity contribution in [2.24, 2.45) is 23.7 Å². The van der Waals surface area contributed by atoms with Crippen molar-refractivity contribution >= 4 is 0 Å². The molecular weight excluding hydrogens is 526 g/mol. The maximum absolute atomic E-state index is 15.2. The Morgan fingerprint density at radius 2 is 1.23 bits per heavy atom. The molecule has 0 aliphatic heterocycles. The predicted molar refractivity (Wildman–Crippen MR) is 143 cm³/mol. The van der Waals surface area contributed by atoms with Crippen molar-refractivity contribution < 1.29 is 31.1 Å². The van der Waals surface area contributed by atoms with Gasteiger partial charge in [0, 0.05) is 12.1 Å². The lowest BCUT2D eigenvalue weighted by Crippen LogP contribution is -2.38. The average Bonchev–Trinajstić information content (AvgIpc) is 2.96. The number of hydrogen-bond acceptors (Lipinski definition) is 1. The monoisotopic (exact) mass is 564 g/mol. The second-order valence-electron chi connectivity index (χ2n) is 12.2. The number of rotatable bonds is 7. The van der Waals surface area contributed by atoms with Crippen LogP contribution in [0.4, 0.5) is 26.3 Å². The minimum Gasteiger partial charge on any atom is -0.432 e. The molecule has 40 heavy (non-hydrogen) atoms. The summed E-state index contributed by atoms with van der Waals surface area (Å²) < 4.78 is 89.4. The Bertz CT molecular complexity index is 1150. The fraction of sp³-hybridized carbons (Fsp3) is 0.576. The third kappa shape index (κ3) is 6.38. The molecule has 3 aliphatic carbocycles. The molecular formula is C33H38F6O. The average molecular weight is 565 g/mol. The van der Waals surface area contributed by atoms with Crippen molar-refractivity contribution in [2.45, 2.75) is 95.0 Å². The Morgan fingerprint density at radius 1 is 0.675 bits per heavy atom. The highest BCUT2D eigenvalue weighted by atomic mass is 19.3. The lowest BCUT2D eigenvalue weighted by molar-refractivity contribution is -0.224. The van der Waals surface area contributed by atoms with E-state index in [4.69, 9.17) is 0 Å². The van der Waals surface area contributed by atoms with E-state index in [2.05, 4.69) is 17.4 Å². The van der Waals surface area contributed by atoms with Gasteiger partial charge in [0.1, 0.15) is 11.6 Å². The van der Waals surface area contributed by atoms with Crippen LogP contribution in [0, 0.1) is 46.9 Å². The van der Waals surface area contributed by atoms with E-state index < -0.39 is 35.2 Å². The molecule has 3 aliphatic rings. The van der Waals surface area contributed by atoms with Crippen LogP contribution >= 0.6 is 0 Å². The molecule has 5 rings (SSSR count). The van der Waals surface area contributed by atoms with E-state index in [0.29, 0.717) is 48.6 Å². The van der Waals surface area contributed by atoms with Crippen LogP contribution in [0.3, 0.4) is 0 Å². The molecule has 7 heteroatoms. The summed E-state index contributed by atoms with van der Waals surface area (Å²) >= 11 is 0. The van der Waals surface area contributed by atoms with Crippen molar-refractivity contribution in [1.82, 2.24) is 0 Å². The van der Waals surface area contributed by atoms with Gasteiger partial charge in [0.25, 0.3) is 0 Å². The van der Waals surface area contributed by atoms with Crippen LogP contribution in [-0.2, 0) is 0 Å². The summed E-state index contributed by atoms with van der Waals surface area (Å²) in [6, 6.07) is 6.74. The Kier molecular flexibility index (Phi) is 8.86. The first-order chi connectivity index (χ1) is 19.1. The van der Waals surface area contributed by atoms with Gasteiger partial charge in [-0.15, -0.1) is 6.58 Å². The Morgan fingerprint density at radius 3 is 1.77 bits per heavy atom.